The maximum atomic E-state index is 12.8. The van der Waals surface area contributed by atoms with Crippen LogP contribution >= 0.6 is 0 Å². The third kappa shape index (κ3) is 5.51. The van der Waals surface area contributed by atoms with Crippen LogP contribution in [0.1, 0.15) is 41.3 Å². The second-order valence-corrected chi connectivity index (χ2v) is 9.02. The lowest BCUT2D eigenvalue weighted by molar-refractivity contribution is -0.384. The molecule has 0 unspecified atom stereocenters. The van der Waals surface area contributed by atoms with Gasteiger partial charge >= 0.3 is 0 Å². The standard InChI is InChI=1S/C25H32N4O4/c1-19(2)21-5-3-20(4-6-21)18-26-9-11-27(12-10-26)23-8-7-22(17-24(23)29(31)32)25(30)28-13-15-33-16-14-28/h3-8,17,19H,9-16,18H2,1-2H3. The fourth-order valence-electron chi connectivity index (χ4n) is 4.43. The summed E-state index contributed by atoms with van der Waals surface area (Å²) >= 11 is 0. The van der Waals surface area contributed by atoms with E-state index >= 15 is 0 Å². The Hall–Kier alpha value is -2.97. The number of hydrogen-bond acceptors (Lipinski definition) is 6. The van der Waals surface area contributed by atoms with Crippen LogP contribution in [0.2, 0.25) is 0 Å². The van der Waals surface area contributed by atoms with Gasteiger partial charge in [-0.15, -0.1) is 0 Å². The monoisotopic (exact) mass is 452 g/mol. The highest BCUT2D eigenvalue weighted by Crippen LogP contribution is 2.31. The Labute approximate surface area is 194 Å². The van der Waals surface area contributed by atoms with Crippen molar-refractivity contribution in [1.29, 1.82) is 0 Å². The van der Waals surface area contributed by atoms with E-state index in [1.165, 1.54) is 17.2 Å². The summed E-state index contributed by atoms with van der Waals surface area (Å²) in [5, 5.41) is 11.8. The Morgan fingerprint density at radius 2 is 1.67 bits per heavy atom. The average Bonchev–Trinajstić information content (AvgIpc) is 2.84. The third-order valence-electron chi connectivity index (χ3n) is 6.48. The first-order valence-electron chi connectivity index (χ1n) is 11.6. The van der Waals surface area contributed by atoms with Gasteiger partial charge in [-0.05, 0) is 29.2 Å². The summed E-state index contributed by atoms with van der Waals surface area (Å²) < 4.78 is 5.29. The Bertz CT molecular complexity index is 978. The number of nitro benzene ring substituents is 1. The number of morpholine rings is 1. The number of rotatable bonds is 6. The quantitative estimate of drug-likeness (QED) is 0.493. The van der Waals surface area contributed by atoms with Gasteiger partial charge in [-0.3, -0.25) is 19.8 Å². The van der Waals surface area contributed by atoms with Crippen LogP contribution in [0.5, 0.6) is 0 Å². The van der Waals surface area contributed by atoms with E-state index in [2.05, 4.69) is 47.9 Å². The molecule has 0 bridgehead atoms. The molecule has 0 atom stereocenters. The van der Waals surface area contributed by atoms with Gasteiger partial charge in [0.25, 0.3) is 11.6 Å². The van der Waals surface area contributed by atoms with Crippen molar-refractivity contribution < 1.29 is 14.5 Å². The van der Waals surface area contributed by atoms with Gasteiger partial charge in [0.15, 0.2) is 0 Å². The van der Waals surface area contributed by atoms with Crippen molar-refractivity contribution in [2.24, 2.45) is 0 Å². The number of carbonyl (C=O) groups excluding carboxylic acids is 1. The number of benzene rings is 2. The number of piperazine rings is 1. The van der Waals surface area contributed by atoms with Gasteiger partial charge in [0.2, 0.25) is 0 Å². The normalized spacial score (nSPS) is 17.4. The van der Waals surface area contributed by atoms with Gasteiger partial charge in [0.1, 0.15) is 5.69 Å². The predicted molar refractivity (Wildman–Crippen MR) is 128 cm³/mol. The van der Waals surface area contributed by atoms with E-state index in [1.54, 1.807) is 17.0 Å². The lowest BCUT2D eigenvalue weighted by atomic mass is 10.0. The zero-order valence-corrected chi connectivity index (χ0v) is 19.4. The molecule has 1 amide bonds. The molecule has 2 aliphatic rings. The molecular formula is C25H32N4O4. The van der Waals surface area contributed by atoms with E-state index in [1.807, 2.05) is 0 Å². The maximum absolute atomic E-state index is 12.8. The molecular weight excluding hydrogens is 420 g/mol. The van der Waals surface area contributed by atoms with Crippen LogP contribution in [-0.2, 0) is 11.3 Å². The summed E-state index contributed by atoms with van der Waals surface area (Å²) in [6.07, 6.45) is 0. The molecule has 2 saturated heterocycles. The first-order valence-corrected chi connectivity index (χ1v) is 11.6. The first kappa shape index (κ1) is 23.2. The smallest absolute Gasteiger partial charge is 0.293 e. The zero-order chi connectivity index (χ0) is 23.4. The van der Waals surface area contributed by atoms with Crippen LogP contribution in [0.3, 0.4) is 0 Å². The van der Waals surface area contributed by atoms with Crippen molar-refractivity contribution in [3.05, 3.63) is 69.3 Å². The Kier molecular flexibility index (Phi) is 7.25. The second kappa shape index (κ2) is 10.3. The predicted octanol–water partition coefficient (Wildman–Crippen LogP) is 3.51. The van der Waals surface area contributed by atoms with Crippen LogP contribution in [-0.4, -0.2) is 73.1 Å². The van der Waals surface area contributed by atoms with Gasteiger partial charge in [0.05, 0.1) is 18.1 Å². The van der Waals surface area contributed by atoms with Gasteiger partial charge in [-0.2, -0.15) is 0 Å². The summed E-state index contributed by atoms with van der Waals surface area (Å²) in [5.74, 6) is 0.343. The van der Waals surface area contributed by atoms with Crippen molar-refractivity contribution in [1.82, 2.24) is 9.80 Å². The number of hydrogen-bond donors (Lipinski definition) is 0. The summed E-state index contributed by atoms with van der Waals surface area (Å²) in [5.41, 5.74) is 3.55. The maximum Gasteiger partial charge on any atom is 0.293 e. The molecule has 2 aliphatic heterocycles. The molecule has 0 aliphatic carbocycles. The molecule has 2 fully saturated rings. The van der Waals surface area contributed by atoms with Gasteiger partial charge in [0, 0.05) is 57.4 Å². The van der Waals surface area contributed by atoms with Gasteiger partial charge < -0.3 is 14.5 Å². The van der Waals surface area contributed by atoms with Crippen molar-refractivity contribution in [2.45, 2.75) is 26.3 Å². The van der Waals surface area contributed by atoms with E-state index in [0.717, 1.165) is 19.6 Å². The Morgan fingerprint density at radius 3 is 2.27 bits per heavy atom. The van der Waals surface area contributed by atoms with E-state index in [0.29, 0.717) is 56.6 Å². The molecule has 8 nitrogen and oxygen atoms in total. The number of nitrogens with zero attached hydrogens (tertiary/aromatic N) is 4. The first-order chi connectivity index (χ1) is 15.9. The van der Waals surface area contributed by atoms with Gasteiger partial charge in [-0.1, -0.05) is 38.1 Å². The Morgan fingerprint density at radius 1 is 1.00 bits per heavy atom. The number of amides is 1. The molecule has 8 heteroatoms. The van der Waals surface area contributed by atoms with E-state index in [-0.39, 0.29) is 16.5 Å². The van der Waals surface area contributed by atoms with Gasteiger partial charge in [-0.25, -0.2) is 0 Å². The molecule has 2 heterocycles. The lowest BCUT2D eigenvalue weighted by Crippen LogP contribution is -2.46. The summed E-state index contributed by atoms with van der Waals surface area (Å²) in [6.45, 7) is 10.4. The summed E-state index contributed by atoms with van der Waals surface area (Å²) in [6, 6.07) is 13.6. The van der Waals surface area contributed by atoms with Crippen molar-refractivity contribution in [2.75, 3.05) is 57.4 Å². The van der Waals surface area contributed by atoms with Crippen LogP contribution in [0, 0.1) is 10.1 Å². The molecule has 0 saturated carbocycles. The van der Waals surface area contributed by atoms with E-state index in [4.69, 9.17) is 4.74 Å². The number of ether oxygens (including phenoxy) is 1. The van der Waals surface area contributed by atoms with Crippen LogP contribution < -0.4 is 4.90 Å². The second-order valence-electron chi connectivity index (χ2n) is 9.02. The Balaban J connectivity index is 1.40. The van der Waals surface area contributed by atoms with Crippen molar-refractivity contribution in [3.63, 3.8) is 0 Å². The zero-order valence-electron chi connectivity index (χ0n) is 19.4. The van der Waals surface area contributed by atoms with Crippen LogP contribution in [0.15, 0.2) is 42.5 Å². The molecule has 176 valence electrons. The largest absolute Gasteiger partial charge is 0.378 e. The molecule has 2 aromatic carbocycles. The van der Waals surface area contributed by atoms with Crippen LogP contribution in [0.25, 0.3) is 0 Å². The third-order valence-corrected chi connectivity index (χ3v) is 6.48. The molecule has 33 heavy (non-hydrogen) atoms. The highest BCUT2D eigenvalue weighted by molar-refractivity contribution is 5.96. The number of nitro groups is 1. The molecule has 0 spiro atoms. The van der Waals surface area contributed by atoms with Crippen molar-refractivity contribution in [3.8, 4) is 0 Å². The highest BCUT2D eigenvalue weighted by atomic mass is 16.6. The minimum absolute atomic E-state index is 0.00756. The minimum Gasteiger partial charge on any atom is -0.378 e. The molecule has 0 N–H and O–H groups in total. The number of anilines is 1. The van der Waals surface area contributed by atoms with Crippen LogP contribution in [0.4, 0.5) is 11.4 Å². The summed E-state index contributed by atoms with van der Waals surface area (Å²) in [7, 11) is 0. The number of carbonyl (C=O) groups is 1. The molecule has 0 radical (unpaired) electrons. The molecule has 4 rings (SSSR count). The average molecular weight is 453 g/mol. The van der Waals surface area contributed by atoms with E-state index < -0.39 is 0 Å². The summed E-state index contributed by atoms with van der Waals surface area (Å²) in [4.78, 5) is 30.3. The molecule has 0 aromatic heterocycles. The minimum atomic E-state index is -0.381. The molecule has 2 aromatic rings. The lowest BCUT2D eigenvalue weighted by Gasteiger charge is -2.36. The van der Waals surface area contributed by atoms with E-state index in [9.17, 15) is 14.9 Å². The highest BCUT2D eigenvalue weighted by Gasteiger charge is 2.27. The fourth-order valence-corrected chi connectivity index (χ4v) is 4.43. The van der Waals surface area contributed by atoms with Crippen molar-refractivity contribution >= 4 is 17.3 Å². The fraction of sp³-hybridized carbons (Fsp3) is 0.480. The topological polar surface area (TPSA) is 79.2 Å². The SMILES string of the molecule is CC(C)c1ccc(CN2CCN(c3ccc(C(=O)N4CCOCC4)cc3[N+](=O)[O-])CC2)cc1.